The molecule has 1 fully saturated rings. The fourth-order valence-electron chi connectivity index (χ4n) is 3.67. The molecular formula is C21H22N4. The molecule has 1 N–H and O–H groups in total. The number of likely N-dealkylation sites (tertiary alicyclic amines) is 1. The number of H-pyrrole nitrogens is 1. The van der Waals surface area contributed by atoms with E-state index in [0.29, 0.717) is 11.6 Å². The maximum absolute atomic E-state index is 8.92. The second kappa shape index (κ2) is 6.70. The largest absolute Gasteiger partial charge is 0.342 e. The van der Waals surface area contributed by atoms with E-state index in [-0.39, 0.29) is 0 Å². The van der Waals surface area contributed by atoms with E-state index in [2.05, 4.69) is 41.1 Å². The van der Waals surface area contributed by atoms with E-state index in [0.717, 1.165) is 41.0 Å². The molecule has 1 saturated heterocycles. The molecule has 0 aliphatic carbocycles. The van der Waals surface area contributed by atoms with Crippen molar-refractivity contribution in [2.45, 2.75) is 32.2 Å². The standard InChI is InChI=1S/C21H22N4/c1-15-3-2-11-25(15)12-10-21-23-19-9-8-18(13-20(19)24-21)17-6-4-16(14-22)5-7-17/h4-9,13,15H,2-3,10-12H2,1H3,(H,23,24). The third-order valence-corrected chi connectivity index (χ3v) is 5.20. The number of nitriles is 1. The van der Waals surface area contributed by atoms with Gasteiger partial charge in [-0.1, -0.05) is 18.2 Å². The Morgan fingerprint density at radius 1 is 1.20 bits per heavy atom. The van der Waals surface area contributed by atoms with Crippen molar-refractivity contribution in [3.63, 3.8) is 0 Å². The Labute approximate surface area is 148 Å². The minimum Gasteiger partial charge on any atom is -0.342 e. The number of hydrogen-bond acceptors (Lipinski definition) is 3. The molecule has 2 aromatic carbocycles. The van der Waals surface area contributed by atoms with Crippen LogP contribution in [0.3, 0.4) is 0 Å². The summed E-state index contributed by atoms with van der Waals surface area (Å²) in [7, 11) is 0. The van der Waals surface area contributed by atoms with E-state index < -0.39 is 0 Å². The summed E-state index contributed by atoms with van der Waals surface area (Å²) >= 11 is 0. The second-order valence-electron chi connectivity index (χ2n) is 6.88. The summed E-state index contributed by atoms with van der Waals surface area (Å²) in [4.78, 5) is 10.8. The van der Waals surface area contributed by atoms with Crippen LogP contribution in [-0.4, -0.2) is 34.0 Å². The Balaban J connectivity index is 1.53. The van der Waals surface area contributed by atoms with Crippen LogP contribution in [0.15, 0.2) is 42.5 Å². The minimum atomic E-state index is 0.685. The predicted octanol–water partition coefficient (Wildman–Crippen LogP) is 4.13. The van der Waals surface area contributed by atoms with Gasteiger partial charge in [-0.25, -0.2) is 4.98 Å². The second-order valence-corrected chi connectivity index (χ2v) is 6.88. The van der Waals surface area contributed by atoms with Crippen LogP contribution in [-0.2, 0) is 6.42 Å². The summed E-state index contributed by atoms with van der Waals surface area (Å²) in [6, 6.07) is 16.9. The smallest absolute Gasteiger partial charge is 0.108 e. The van der Waals surface area contributed by atoms with Gasteiger partial charge in [0.1, 0.15) is 5.82 Å². The number of rotatable bonds is 4. The lowest BCUT2D eigenvalue weighted by atomic mass is 10.0. The summed E-state index contributed by atoms with van der Waals surface area (Å²) in [5, 5.41) is 8.92. The van der Waals surface area contributed by atoms with Crippen LogP contribution in [0.25, 0.3) is 22.2 Å². The first-order valence-electron chi connectivity index (χ1n) is 8.96. The van der Waals surface area contributed by atoms with Crippen LogP contribution in [0.4, 0.5) is 0 Å². The van der Waals surface area contributed by atoms with Gasteiger partial charge in [0.05, 0.1) is 22.7 Å². The molecule has 4 heteroatoms. The zero-order valence-corrected chi connectivity index (χ0v) is 14.5. The van der Waals surface area contributed by atoms with E-state index >= 15 is 0 Å². The molecule has 1 unspecified atom stereocenters. The highest BCUT2D eigenvalue weighted by atomic mass is 15.2. The number of aromatic amines is 1. The molecule has 1 atom stereocenters. The molecule has 25 heavy (non-hydrogen) atoms. The average Bonchev–Trinajstić information content (AvgIpc) is 3.24. The first-order valence-corrected chi connectivity index (χ1v) is 8.96. The summed E-state index contributed by atoms with van der Waals surface area (Å²) in [5.74, 6) is 1.06. The number of fused-ring (bicyclic) bond motifs is 1. The highest BCUT2D eigenvalue weighted by Gasteiger charge is 2.19. The van der Waals surface area contributed by atoms with Gasteiger partial charge in [0.2, 0.25) is 0 Å². The number of nitrogens with one attached hydrogen (secondary N) is 1. The topological polar surface area (TPSA) is 55.7 Å². The molecule has 0 saturated carbocycles. The lowest BCUT2D eigenvalue weighted by molar-refractivity contribution is 0.271. The van der Waals surface area contributed by atoms with Crippen molar-refractivity contribution in [3.05, 3.63) is 53.9 Å². The number of benzene rings is 2. The van der Waals surface area contributed by atoms with Crippen LogP contribution >= 0.6 is 0 Å². The van der Waals surface area contributed by atoms with E-state index in [4.69, 9.17) is 10.2 Å². The predicted molar refractivity (Wildman–Crippen MR) is 100 cm³/mol. The Bertz CT molecular complexity index is 917. The first kappa shape index (κ1) is 15.9. The summed E-state index contributed by atoms with van der Waals surface area (Å²) in [6.07, 6.45) is 3.59. The zero-order chi connectivity index (χ0) is 17.2. The van der Waals surface area contributed by atoms with Crippen molar-refractivity contribution >= 4 is 11.0 Å². The highest BCUT2D eigenvalue weighted by molar-refractivity contribution is 5.82. The van der Waals surface area contributed by atoms with Gasteiger partial charge in [0, 0.05) is 19.0 Å². The molecule has 0 amide bonds. The maximum atomic E-state index is 8.92. The van der Waals surface area contributed by atoms with Crippen molar-refractivity contribution in [2.24, 2.45) is 0 Å². The van der Waals surface area contributed by atoms with E-state index in [1.54, 1.807) is 0 Å². The Kier molecular flexibility index (Phi) is 4.25. The van der Waals surface area contributed by atoms with Crippen molar-refractivity contribution in [1.29, 1.82) is 5.26 Å². The van der Waals surface area contributed by atoms with Crippen LogP contribution in [0, 0.1) is 11.3 Å². The van der Waals surface area contributed by atoms with Crippen LogP contribution in [0.1, 0.15) is 31.2 Å². The highest BCUT2D eigenvalue weighted by Crippen LogP contribution is 2.24. The number of hydrogen-bond donors (Lipinski definition) is 1. The Hall–Kier alpha value is -2.64. The van der Waals surface area contributed by atoms with E-state index in [1.165, 1.54) is 19.4 Å². The molecule has 0 radical (unpaired) electrons. The van der Waals surface area contributed by atoms with Gasteiger partial charge in [0.15, 0.2) is 0 Å². The molecule has 2 heterocycles. The molecule has 4 nitrogen and oxygen atoms in total. The molecule has 0 bridgehead atoms. The van der Waals surface area contributed by atoms with Gasteiger partial charge in [-0.3, -0.25) is 0 Å². The van der Waals surface area contributed by atoms with Gasteiger partial charge in [-0.15, -0.1) is 0 Å². The Morgan fingerprint density at radius 2 is 2.00 bits per heavy atom. The maximum Gasteiger partial charge on any atom is 0.108 e. The van der Waals surface area contributed by atoms with Crippen LogP contribution in [0.5, 0.6) is 0 Å². The van der Waals surface area contributed by atoms with Crippen LogP contribution in [0.2, 0.25) is 0 Å². The van der Waals surface area contributed by atoms with Crippen molar-refractivity contribution in [3.8, 4) is 17.2 Å². The fourth-order valence-corrected chi connectivity index (χ4v) is 3.67. The molecule has 1 aliphatic heterocycles. The Morgan fingerprint density at radius 3 is 2.72 bits per heavy atom. The van der Waals surface area contributed by atoms with Gasteiger partial charge < -0.3 is 9.88 Å². The lowest BCUT2D eigenvalue weighted by Gasteiger charge is -2.19. The molecule has 0 spiro atoms. The van der Waals surface area contributed by atoms with Gasteiger partial charge in [-0.05, 0) is 61.7 Å². The molecule has 3 aromatic rings. The molecule has 4 rings (SSSR count). The SMILES string of the molecule is CC1CCCN1CCc1nc2ccc(-c3ccc(C#N)cc3)cc2[nH]1. The van der Waals surface area contributed by atoms with Crippen molar-refractivity contribution in [2.75, 3.05) is 13.1 Å². The normalized spacial score (nSPS) is 17.8. The number of nitrogens with zero attached hydrogens (tertiary/aromatic N) is 3. The quantitative estimate of drug-likeness (QED) is 0.782. The first-order chi connectivity index (χ1) is 12.2. The lowest BCUT2D eigenvalue weighted by Crippen LogP contribution is -2.29. The fraction of sp³-hybridized carbons (Fsp3) is 0.333. The number of imidazole rings is 1. The van der Waals surface area contributed by atoms with Gasteiger partial charge >= 0.3 is 0 Å². The monoisotopic (exact) mass is 330 g/mol. The molecule has 1 aliphatic rings. The number of aromatic nitrogens is 2. The van der Waals surface area contributed by atoms with Crippen molar-refractivity contribution in [1.82, 2.24) is 14.9 Å². The summed E-state index contributed by atoms with van der Waals surface area (Å²) in [6.45, 7) is 4.60. The third-order valence-electron chi connectivity index (χ3n) is 5.20. The van der Waals surface area contributed by atoms with Crippen LogP contribution < -0.4 is 0 Å². The molecule has 1 aromatic heterocycles. The summed E-state index contributed by atoms with van der Waals surface area (Å²) in [5.41, 5.74) is 5.03. The summed E-state index contributed by atoms with van der Waals surface area (Å²) < 4.78 is 0. The third kappa shape index (κ3) is 3.29. The van der Waals surface area contributed by atoms with Crippen molar-refractivity contribution < 1.29 is 0 Å². The van der Waals surface area contributed by atoms with E-state index in [1.807, 2.05) is 24.3 Å². The minimum absolute atomic E-state index is 0.685. The molecule has 126 valence electrons. The van der Waals surface area contributed by atoms with Gasteiger partial charge in [0.25, 0.3) is 0 Å². The molecular weight excluding hydrogens is 308 g/mol. The van der Waals surface area contributed by atoms with Gasteiger partial charge in [-0.2, -0.15) is 5.26 Å². The van der Waals surface area contributed by atoms with E-state index in [9.17, 15) is 0 Å². The zero-order valence-electron chi connectivity index (χ0n) is 14.5. The average molecular weight is 330 g/mol.